The molecule has 4 aliphatic rings. The van der Waals surface area contributed by atoms with Gasteiger partial charge in [0.25, 0.3) is 5.91 Å². The van der Waals surface area contributed by atoms with E-state index in [0.29, 0.717) is 43.0 Å². The van der Waals surface area contributed by atoms with Gasteiger partial charge in [-0.05, 0) is 43.5 Å². The second kappa shape index (κ2) is 7.13. The molecule has 4 aliphatic carbocycles. The summed E-state index contributed by atoms with van der Waals surface area (Å²) >= 11 is 0. The third kappa shape index (κ3) is 3.80. The second-order valence-electron chi connectivity index (χ2n) is 9.20. The lowest BCUT2D eigenvalue weighted by atomic mass is 9.44. The molecule has 4 saturated carbocycles. The number of alkyl halides is 4. The van der Waals surface area contributed by atoms with Crippen LogP contribution in [0.5, 0.6) is 0 Å². The van der Waals surface area contributed by atoms with E-state index in [2.05, 4.69) is 15.6 Å². The molecular formula is C22H21F4N3O3. The van der Waals surface area contributed by atoms with Crippen molar-refractivity contribution in [2.45, 2.75) is 61.6 Å². The van der Waals surface area contributed by atoms with Gasteiger partial charge in [0.05, 0.1) is 17.2 Å². The number of pyridine rings is 1. The lowest BCUT2D eigenvalue weighted by molar-refractivity contribution is -0.148. The van der Waals surface area contributed by atoms with E-state index in [9.17, 15) is 27.2 Å². The van der Waals surface area contributed by atoms with E-state index in [1.54, 1.807) is 0 Å². The van der Waals surface area contributed by atoms with Crippen molar-refractivity contribution in [1.82, 2.24) is 15.6 Å². The molecule has 6 nitrogen and oxygen atoms in total. The number of nitrogens with one attached hydrogen (secondary N) is 2. The quantitative estimate of drug-likeness (QED) is 0.661. The van der Waals surface area contributed by atoms with Crippen molar-refractivity contribution in [1.29, 1.82) is 0 Å². The van der Waals surface area contributed by atoms with Crippen molar-refractivity contribution in [3.05, 3.63) is 41.6 Å². The van der Waals surface area contributed by atoms with Crippen molar-refractivity contribution in [3.8, 4) is 0 Å². The number of fused-ring (bicyclic) bond motifs is 1. The summed E-state index contributed by atoms with van der Waals surface area (Å²) in [6, 6.07) is 6.04. The van der Waals surface area contributed by atoms with Crippen LogP contribution in [0.2, 0.25) is 0 Å². The highest BCUT2D eigenvalue weighted by Gasteiger charge is 2.69. The van der Waals surface area contributed by atoms with Crippen LogP contribution in [0.1, 0.15) is 48.2 Å². The molecule has 2 N–H and O–H groups in total. The number of ether oxygens (including phenoxy) is 1. The molecule has 0 spiro atoms. The molecule has 10 heteroatoms. The molecule has 32 heavy (non-hydrogen) atoms. The molecule has 0 radical (unpaired) electrons. The monoisotopic (exact) mass is 451 g/mol. The summed E-state index contributed by atoms with van der Waals surface area (Å²) in [5.74, 6) is -0.651. The number of carbonyl (C=O) groups is 2. The van der Waals surface area contributed by atoms with Gasteiger partial charge in [-0.25, -0.2) is 9.37 Å². The first-order valence-corrected chi connectivity index (χ1v) is 10.4. The van der Waals surface area contributed by atoms with Gasteiger partial charge in [-0.2, -0.15) is 13.2 Å². The zero-order chi connectivity index (χ0) is 22.7. The molecule has 170 valence electrons. The Bertz CT molecular complexity index is 1080. The van der Waals surface area contributed by atoms with Gasteiger partial charge in [0, 0.05) is 29.3 Å². The Morgan fingerprint density at radius 1 is 1.06 bits per heavy atom. The van der Waals surface area contributed by atoms with Gasteiger partial charge in [-0.15, -0.1) is 0 Å². The molecule has 0 unspecified atom stereocenters. The first kappa shape index (κ1) is 21.1. The van der Waals surface area contributed by atoms with E-state index in [-0.39, 0.29) is 29.9 Å². The van der Waals surface area contributed by atoms with E-state index in [0.717, 1.165) is 12.1 Å². The molecule has 2 bridgehead atoms. The minimum Gasteiger partial charge on any atom is -0.368 e. The third-order valence-electron chi connectivity index (χ3n) is 6.55. The average molecular weight is 451 g/mol. The van der Waals surface area contributed by atoms with Gasteiger partial charge in [0.15, 0.2) is 0 Å². The molecule has 4 fully saturated rings. The fourth-order valence-corrected chi connectivity index (χ4v) is 4.95. The Labute approximate surface area is 180 Å². The SMILES string of the molecule is O=C(COC1CC(F)C1)NC12CC(NC(=O)c3ccc4cc(C(F)(F)F)ccc4n3)(C1)C2. The number of amides is 2. The van der Waals surface area contributed by atoms with Gasteiger partial charge in [0.2, 0.25) is 5.91 Å². The molecule has 0 atom stereocenters. The normalized spacial score (nSPS) is 30.6. The van der Waals surface area contributed by atoms with Crippen LogP contribution in [0.15, 0.2) is 30.3 Å². The molecule has 6 rings (SSSR count). The Morgan fingerprint density at radius 3 is 2.41 bits per heavy atom. The maximum absolute atomic E-state index is 12.8. The average Bonchev–Trinajstić information content (AvgIpc) is 2.66. The molecule has 2 aromatic rings. The number of aromatic nitrogens is 1. The van der Waals surface area contributed by atoms with Crippen LogP contribution in [0.4, 0.5) is 17.6 Å². The Balaban J connectivity index is 1.14. The fraction of sp³-hybridized carbons (Fsp3) is 0.500. The van der Waals surface area contributed by atoms with Crippen LogP contribution in [0.3, 0.4) is 0 Å². The molecule has 2 amide bonds. The number of rotatable bonds is 6. The lowest BCUT2D eigenvalue weighted by Crippen LogP contribution is -2.84. The summed E-state index contributed by atoms with van der Waals surface area (Å²) in [4.78, 5) is 28.9. The highest BCUT2D eigenvalue weighted by molar-refractivity contribution is 5.96. The first-order valence-electron chi connectivity index (χ1n) is 10.4. The van der Waals surface area contributed by atoms with Crippen molar-refractivity contribution in [3.63, 3.8) is 0 Å². The van der Waals surface area contributed by atoms with Gasteiger partial charge in [-0.1, -0.05) is 6.07 Å². The van der Waals surface area contributed by atoms with E-state index < -0.39 is 29.4 Å². The third-order valence-corrected chi connectivity index (χ3v) is 6.55. The van der Waals surface area contributed by atoms with Crippen molar-refractivity contribution < 1.29 is 31.9 Å². The zero-order valence-corrected chi connectivity index (χ0v) is 17.0. The molecule has 1 aromatic heterocycles. The number of hydrogen-bond donors (Lipinski definition) is 2. The predicted octanol–water partition coefficient (Wildman–Crippen LogP) is 3.29. The maximum atomic E-state index is 12.8. The van der Waals surface area contributed by atoms with Gasteiger partial charge >= 0.3 is 6.18 Å². The first-order chi connectivity index (χ1) is 15.0. The van der Waals surface area contributed by atoms with Crippen LogP contribution in [-0.4, -0.2) is 46.8 Å². The summed E-state index contributed by atoms with van der Waals surface area (Å²) in [6.45, 7) is -0.102. The number of hydrogen-bond acceptors (Lipinski definition) is 4. The Kier molecular flexibility index (Phi) is 4.70. The van der Waals surface area contributed by atoms with Crippen LogP contribution in [0, 0.1) is 0 Å². The number of carbonyl (C=O) groups excluding carboxylic acids is 2. The summed E-state index contributed by atoms with van der Waals surface area (Å²) in [7, 11) is 0. The summed E-state index contributed by atoms with van der Waals surface area (Å²) in [6.07, 6.45) is -3.02. The molecule has 0 aliphatic heterocycles. The second-order valence-corrected chi connectivity index (χ2v) is 9.20. The van der Waals surface area contributed by atoms with Crippen LogP contribution < -0.4 is 10.6 Å². The number of benzene rings is 1. The van der Waals surface area contributed by atoms with E-state index in [1.165, 1.54) is 18.2 Å². The van der Waals surface area contributed by atoms with Gasteiger partial charge in [0.1, 0.15) is 18.5 Å². The van der Waals surface area contributed by atoms with E-state index in [1.807, 2.05) is 0 Å². The van der Waals surface area contributed by atoms with Crippen molar-refractivity contribution in [2.75, 3.05) is 6.61 Å². The highest BCUT2D eigenvalue weighted by Crippen LogP contribution is 2.60. The van der Waals surface area contributed by atoms with E-state index in [4.69, 9.17) is 4.74 Å². The molecule has 1 heterocycles. The van der Waals surface area contributed by atoms with E-state index >= 15 is 0 Å². The highest BCUT2D eigenvalue weighted by atomic mass is 19.4. The van der Waals surface area contributed by atoms with Crippen LogP contribution >= 0.6 is 0 Å². The lowest BCUT2D eigenvalue weighted by Gasteiger charge is -2.70. The number of nitrogens with zero attached hydrogens (tertiary/aromatic N) is 1. The van der Waals surface area contributed by atoms with Gasteiger partial charge in [-0.3, -0.25) is 9.59 Å². The van der Waals surface area contributed by atoms with Crippen LogP contribution in [-0.2, 0) is 15.7 Å². The molecule has 0 saturated heterocycles. The standard InChI is InChI=1S/C22H21F4N3O3/c23-14-6-15(7-14)32-8-18(30)28-20-9-21(10-20,11-20)29-19(31)17-3-1-12-5-13(22(24,25)26)2-4-16(12)27-17/h1-5,14-15H,6-11H2,(H,28,30)(H,29,31). The topological polar surface area (TPSA) is 80.3 Å². The fourth-order valence-electron chi connectivity index (χ4n) is 4.95. The Hall–Kier alpha value is -2.75. The Morgan fingerprint density at radius 2 is 1.75 bits per heavy atom. The minimum atomic E-state index is -4.44. The minimum absolute atomic E-state index is 0.102. The van der Waals surface area contributed by atoms with Crippen molar-refractivity contribution >= 4 is 22.7 Å². The summed E-state index contributed by atoms with van der Waals surface area (Å²) in [5.41, 5.74) is -1.09. The van der Waals surface area contributed by atoms with Crippen LogP contribution in [0.25, 0.3) is 10.9 Å². The summed E-state index contributed by atoms with van der Waals surface area (Å²) in [5, 5.41) is 6.18. The van der Waals surface area contributed by atoms with Gasteiger partial charge < -0.3 is 15.4 Å². The maximum Gasteiger partial charge on any atom is 0.416 e. The summed E-state index contributed by atoms with van der Waals surface area (Å²) < 4.78 is 56.7. The molecular weight excluding hydrogens is 430 g/mol. The predicted molar refractivity (Wildman–Crippen MR) is 106 cm³/mol. The largest absolute Gasteiger partial charge is 0.416 e. The number of halogens is 4. The molecule has 1 aromatic carbocycles. The van der Waals surface area contributed by atoms with Crippen molar-refractivity contribution in [2.24, 2.45) is 0 Å². The smallest absolute Gasteiger partial charge is 0.368 e. The zero-order valence-electron chi connectivity index (χ0n) is 17.0.